The van der Waals surface area contributed by atoms with Gasteiger partial charge < -0.3 is 14.6 Å². The van der Waals surface area contributed by atoms with Crippen LogP contribution in [0.2, 0.25) is 0 Å². The summed E-state index contributed by atoms with van der Waals surface area (Å²) in [5, 5.41) is 9.26. The minimum atomic E-state index is -0.274. The van der Waals surface area contributed by atoms with Gasteiger partial charge in [-0.15, -0.1) is 0 Å². The number of aliphatic hydroxyl groups excluding tert-OH is 1. The summed E-state index contributed by atoms with van der Waals surface area (Å²) in [6, 6.07) is 0. The maximum absolute atomic E-state index is 11.9. The van der Waals surface area contributed by atoms with Crippen molar-refractivity contribution < 1.29 is 24.2 Å². The van der Waals surface area contributed by atoms with Gasteiger partial charge in [0.25, 0.3) is 0 Å². The molecule has 5 heteroatoms. The van der Waals surface area contributed by atoms with Gasteiger partial charge in [-0.3, -0.25) is 9.59 Å². The third-order valence-corrected chi connectivity index (χ3v) is 3.61. The van der Waals surface area contributed by atoms with E-state index in [4.69, 9.17) is 9.47 Å². The minimum Gasteiger partial charge on any atom is -0.462 e. The summed E-state index contributed by atoms with van der Waals surface area (Å²) < 4.78 is 10.1. The van der Waals surface area contributed by atoms with Crippen molar-refractivity contribution in [2.75, 3.05) is 19.8 Å². The molecule has 2 atom stereocenters. The first-order valence-electron chi connectivity index (χ1n) is 7.47. The molecule has 0 spiro atoms. The summed E-state index contributed by atoms with van der Waals surface area (Å²) in [7, 11) is 0. The van der Waals surface area contributed by atoms with Gasteiger partial charge in [0.2, 0.25) is 0 Å². The highest BCUT2D eigenvalue weighted by Gasteiger charge is 2.31. The second kappa shape index (κ2) is 8.95. The van der Waals surface area contributed by atoms with E-state index in [1.165, 1.54) is 0 Å². The number of hydrogen-bond donors (Lipinski definition) is 1. The van der Waals surface area contributed by atoms with Crippen molar-refractivity contribution in [3.63, 3.8) is 0 Å². The standard InChI is InChI=1S/C15H26O5/c1-11(2)9-14(17)19-7-8-20-15(18)13-6-4-3-5-12(13)10-16/h11-13,16H,3-10H2,1-2H3. The van der Waals surface area contributed by atoms with Gasteiger partial charge in [0, 0.05) is 13.0 Å². The number of ether oxygens (including phenoxy) is 2. The molecule has 0 bridgehead atoms. The van der Waals surface area contributed by atoms with Crippen molar-refractivity contribution in [3.05, 3.63) is 0 Å². The first kappa shape index (κ1) is 17.0. The molecular formula is C15H26O5. The first-order valence-corrected chi connectivity index (χ1v) is 7.47. The van der Waals surface area contributed by atoms with Crippen LogP contribution in [0.3, 0.4) is 0 Å². The molecule has 0 radical (unpaired) electrons. The summed E-state index contributed by atoms with van der Waals surface area (Å²) >= 11 is 0. The summed E-state index contributed by atoms with van der Waals surface area (Å²) in [5.74, 6) is -0.469. The summed E-state index contributed by atoms with van der Waals surface area (Å²) in [4.78, 5) is 23.2. The van der Waals surface area contributed by atoms with Crippen molar-refractivity contribution in [2.45, 2.75) is 46.0 Å². The van der Waals surface area contributed by atoms with Crippen LogP contribution in [0.4, 0.5) is 0 Å². The fourth-order valence-electron chi connectivity index (χ4n) is 2.53. The Labute approximate surface area is 120 Å². The smallest absolute Gasteiger partial charge is 0.309 e. The molecule has 1 rings (SSSR count). The average Bonchev–Trinajstić information content (AvgIpc) is 2.42. The van der Waals surface area contributed by atoms with Gasteiger partial charge in [-0.2, -0.15) is 0 Å². The van der Waals surface area contributed by atoms with Crippen molar-refractivity contribution in [1.82, 2.24) is 0 Å². The molecule has 20 heavy (non-hydrogen) atoms. The van der Waals surface area contributed by atoms with Crippen LogP contribution in [-0.2, 0) is 19.1 Å². The van der Waals surface area contributed by atoms with Crippen molar-refractivity contribution in [3.8, 4) is 0 Å². The fourth-order valence-corrected chi connectivity index (χ4v) is 2.53. The zero-order valence-electron chi connectivity index (χ0n) is 12.5. The van der Waals surface area contributed by atoms with Crippen LogP contribution < -0.4 is 0 Å². The van der Waals surface area contributed by atoms with E-state index in [1.54, 1.807) is 0 Å². The number of carbonyl (C=O) groups excluding carboxylic acids is 2. The lowest BCUT2D eigenvalue weighted by Gasteiger charge is -2.28. The lowest BCUT2D eigenvalue weighted by molar-refractivity contribution is -0.158. The predicted octanol–water partition coefficient (Wildman–Crippen LogP) is 1.92. The molecule has 2 unspecified atom stereocenters. The Bertz CT molecular complexity index is 313. The van der Waals surface area contributed by atoms with Gasteiger partial charge in [-0.25, -0.2) is 0 Å². The van der Waals surface area contributed by atoms with Crippen LogP contribution in [0.1, 0.15) is 46.0 Å². The van der Waals surface area contributed by atoms with Crippen molar-refractivity contribution >= 4 is 11.9 Å². The number of hydrogen-bond acceptors (Lipinski definition) is 5. The van der Waals surface area contributed by atoms with Crippen LogP contribution in [-0.4, -0.2) is 36.9 Å². The van der Waals surface area contributed by atoms with Gasteiger partial charge in [0.15, 0.2) is 0 Å². The summed E-state index contributed by atoms with van der Waals surface area (Å²) in [5.41, 5.74) is 0. The van der Waals surface area contributed by atoms with E-state index in [9.17, 15) is 14.7 Å². The van der Waals surface area contributed by atoms with E-state index in [0.29, 0.717) is 6.42 Å². The molecule has 1 N–H and O–H groups in total. The minimum absolute atomic E-state index is 0.0136. The predicted molar refractivity (Wildman–Crippen MR) is 73.9 cm³/mol. The Morgan fingerprint density at radius 1 is 1.15 bits per heavy atom. The molecule has 1 saturated carbocycles. The lowest BCUT2D eigenvalue weighted by atomic mass is 9.80. The van der Waals surface area contributed by atoms with Crippen LogP contribution in [0.15, 0.2) is 0 Å². The van der Waals surface area contributed by atoms with Gasteiger partial charge >= 0.3 is 11.9 Å². The van der Waals surface area contributed by atoms with E-state index in [-0.39, 0.29) is 49.5 Å². The monoisotopic (exact) mass is 286 g/mol. The maximum atomic E-state index is 11.9. The molecule has 0 heterocycles. The molecular weight excluding hydrogens is 260 g/mol. The largest absolute Gasteiger partial charge is 0.462 e. The number of aliphatic hydroxyl groups is 1. The SMILES string of the molecule is CC(C)CC(=O)OCCOC(=O)C1CCCCC1CO. The van der Waals surface area contributed by atoms with E-state index < -0.39 is 0 Å². The van der Waals surface area contributed by atoms with Crippen LogP contribution in [0.5, 0.6) is 0 Å². The van der Waals surface area contributed by atoms with E-state index in [2.05, 4.69) is 0 Å². The summed E-state index contributed by atoms with van der Waals surface area (Å²) in [6.45, 7) is 4.12. The van der Waals surface area contributed by atoms with Crippen LogP contribution >= 0.6 is 0 Å². The van der Waals surface area contributed by atoms with E-state index in [1.807, 2.05) is 13.8 Å². The molecule has 0 aromatic carbocycles. The Morgan fingerprint density at radius 3 is 2.45 bits per heavy atom. The molecule has 116 valence electrons. The average molecular weight is 286 g/mol. The second-order valence-electron chi connectivity index (χ2n) is 5.82. The number of esters is 2. The van der Waals surface area contributed by atoms with Crippen molar-refractivity contribution in [1.29, 1.82) is 0 Å². The highest BCUT2D eigenvalue weighted by molar-refractivity contribution is 5.73. The van der Waals surface area contributed by atoms with Crippen molar-refractivity contribution in [2.24, 2.45) is 17.8 Å². The Balaban J connectivity index is 2.20. The van der Waals surface area contributed by atoms with Gasteiger partial charge in [-0.05, 0) is 24.7 Å². The van der Waals surface area contributed by atoms with Gasteiger partial charge in [0.05, 0.1) is 5.92 Å². The molecule has 1 aliphatic rings. The third-order valence-electron chi connectivity index (χ3n) is 3.61. The lowest BCUT2D eigenvalue weighted by Crippen LogP contribution is -2.31. The normalized spacial score (nSPS) is 22.6. The molecule has 0 aliphatic heterocycles. The quantitative estimate of drug-likeness (QED) is 0.572. The highest BCUT2D eigenvalue weighted by atomic mass is 16.6. The Hall–Kier alpha value is -1.10. The third kappa shape index (κ3) is 5.90. The molecule has 0 aromatic rings. The second-order valence-corrected chi connectivity index (χ2v) is 5.82. The van der Waals surface area contributed by atoms with Gasteiger partial charge in [0.1, 0.15) is 13.2 Å². The highest BCUT2D eigenvalue weighted by Crippen LogP contribution is 2.30. The topological polar surface area (TPSA) is 72.8 Å². The first-order chi connectivity index (χ1) is 9.54. The zero-order chi connectivity index (χ0) is 15.0. The Morgan fingerprint density at radius 2 is 1.80 bits per heavy atom. The summed E-state index contributed by atoms with van der Waals surface area (Å²) in [6.07, 6.45) is 4.08. The van der Waals surface area contributed by atoms with Crippen LogP contribution in [0.25, 0.3) is 0 Å². The molecule has 0 saturated heterocycles. The van der Waals surface area contributed by atoms with Gasteiger partial charge in [-0.1, -0.05) is 26.7 Å². The van der Waals surface area contributed by atoms with Crippen LogP contribution in [0, 0.1) is 17.8 Å². The number of carbonyl (C=O) groups is 2. The zero-order valence-corrected chi connectivity index (χ0v) is 12.5. The maximum Gasteiger partial charge on any atom is 0.309 e. The Kier molecular flexibility index (Phi) is 7.59. The van der Waals surface area contributed by atoms with E-state index in [0.717, 1.165) is 25.7 Å². The molecule has 0 amide bonds. The molecule has 1 aliphatic carbocycles. The molecule has 0 aromatic heterocycles. The molecule has 1 fully saturated rings. The molecule has 5 nitrogen and oxygen atoms in total. The van der Waals surface area contributed by atoms with E-state index >= 15 is 0 Å². The number of rotatable bonds is 7. The fraction of sp³-hybridized carbons (Fsp3) is 0.867.